The molecule has 1 aliphatic heterocycles. The molecule has 156 valence electrons. The summed E-state index contributed by atoms with van der Waals surface area (Å²) in [6.07, 6.45) is 2.84. The smallest absolute Gasteiger partial charge is 0.279 e. The molecule has 0 bridgehead atoms. The highest BCUT2D eigenvalue weighted by Crippen LogP contribution is 2.21. The fourth-order valence-electron chi connectivity index (χ4n) is 3.15. The number of hydrogen-bond donors (Lipinski definition) is 3. The van der Waals surface area contributed by atoms with Crippen LogP contribution in [0, 0.1) is 0 Å². The molecule has 8 nitrogen and oxygen atoms in total. The normalized spacial score (nSPS) is 16.6. The van der Waals surface area contributed by atoms with Crippen molar-refractivity contribution in [2.24, 2.45) is 0 Å². The van der Waals surface area contributed by atoms with Crippen LogP contribution in [0.1, 0.15) is 33.1 Å². The summed E-state index contributed by atoms with van der Waals surface area (Å²) in [6, 6.07) is 6.29. The quantitative estimate of drug-likeness (QED) is 0.553. The van der Waals surface area contributed by atoms with E-state index in [0.717, 1.165) is 24.2 Å². The first-order valence-electron chi connectivity index (χ1n) is 9.69. The van der Waals surface area contributed by atoms with Crippen LogP contribution in [0.2, 0.25) is 0 Å². The summed E-state index contributed by atoms with van der Waals surface area (Å²) in [6.45, 7) is 5.22. The maximum Gasteiger partial charge on any atom is 0.279 e. The Labute approximate surface area is 167 Å². The second kappa shape index (κ2) is 9.99. The van der Waals surface area contributed by atoms with E-state index in [1.807, 2.05) is 13.8 Å². The van der Waals surface area contributed by atoms with E-state index in [0.29, 0.717) is 18.8 Å². The highest BCUT2D eigenvalue weighted by molar-refractivity contribution is 7.89. The molecule has 0 aromatic heterocycles. The molecule has 28 heavy (non-hydrogen) atoms. The number of piperidine rings is 1. The van der Waals surface area contributed by atoms with Gasteiger partial charge in [0.15, 0.2) is 13.1 Å². The lowest BCUT2D eigenvalue weighted by Crippen LogP contribution is -3.11. The van der Waals surface area contributed by atoms with Crippen molar-refractivity contribution in [2.45, 2.75) is 44.0 Å². The van der Waals surface area contributed by atoms with Crippen molar-refractivity contribution in [1.29, 1.82) is 0 Å². The largest absolute Gasteiger partial charge is 0.349 e. The van der Waals surface area contributed by atoms with Gasteiger partial charge in [0.05, 0.1) is 11.9 Å². The maximum atomic E-state index is 12.6. The topological polar surface area (TPSA) is 100 Å². The van der Waals surface area contributed by atoms with Crippen LogP contribution < -0.4 is 15.5 Å². The zero-order valence-electron chi connectivity index (χ0n) is 16.8. The number of amides is 2. The summed E-state index contributed by atoms with van der Waals surface area (Å²) in [4.78, 5) is 24.9. The number of likely N-dealkylation sites (N-methyl/N-ethyl adjacent to an activating group) is 1. The first-order valence-corrected chi connectivity index (χ1v) is 11.1. The molecule has 0 saturated carbocycles. The fourth-order valence-corrected chi connectivity index (χ4v) is 4.67. The lowest BCUT2D eigenvalue weighted by Gasteiger charge is -2.25. The molecular weight excluding hydrogens is 380 g/mol. The van der Waals surface area contributed by atoms with E-state index in [2.05, 4.69) is 10.6 Å². The summed E-state index contributed by atoms with van der Waals surface area (Å²) < 4.78 is 26.8. The Morgan fingerprint density at radius 2 is 1.61 bits per heavy atom. The zero-order valence-corrected chi connectivity index (χ0v) is 17.6. The van der Waals surface area contributed by atoms with Crippen molar-refractivity contribution >= 4 is 27.5 Å². The molecule has 1 aliphatic rings. The summed E-state index contributed by atoms with van der Waals surface area (Å²) in [7, 11) is -1.71. The molecule has 2 amide bonds. The molecule has 1 unspecified atom stereocenters. The van der Waals surface area contributed by atoms with Crippen molar-refractivity contribution in [3.8, 4) is 0 Å². The van der Waals surface area contributed by atoms with Crippen molar-refractivity contribution in [2.75, 3.05) is 38.5 Å². The van der Waals surface area contributed by atoms with Crippen LogP contribution in [0.15, 0.2) is 29.2 Å². The molecule has 1 heterocycles. The standard InChI is InChI=1S/C19H30N4O4S/c1-15(2)20-18(24)13-22(3)14-19(25)21-16-7-9-17(10-8-16)28(26,27)23-11-5-4-6-12-23/h7-10,15H,4-6,11-14H2,1-3H3,(H,20,24)(H,21,25)/p+1. The van der Waals surface area contributed by atoms with E-state index in [4.69, 9.17) is 0 Å². The van der Waals surface area contributed by atoms with Gasteiger partial charge < -0.3 is 15.5 Å². The minimum Gasteiger partial charge on any atom is -0.349 e. The van der Waals surface area contributed by atoms with Gasteiger partial charge in [-0.3, -0.25) is 9.59 Å². The van der Waals surface area contributed by atoms with E-state index in [-0.39, 0.29) is 35.8 Å². The minimum atomic E-state index is -3.48. The van der Waals surface area contributed by atoms with E-state index in [1.165, 1.54) is 16.4 Å². The van der Waals surface area contributed by atoms with Crippen LogP contribution >= 0.6 is 0 Å². The van der Waals surface area contributed by atoms with Crippen LogP contribution in [0.25, 0.3) is 0 Å². The number of nitrogens with one attached hydrogen (secondary N) is 3. The van der Waals surface area contributed by atoms with Gasteiger partial charge in [0, 0.05) is 24.8 Å². The van der Waals surface area contributed by atoms with Gasteiger partial charge in [-0.05, 0) is 51.0 Å². The van der Waals surface area contributed by atoms with Gasteiger partial charge in [0.1, 0.15) is 0 Å². The number of rotatable bonds is 8. The number of nitrogens with zero attached hydrogens (tertiary/aromatic N) is 1. The maximum absolute atomic E-state index is 12.6. The fraction of sp³-hybridized carbons (Fsp3) is 0.579. The van der Waals surface area contributed by atoms with E-state index in [9.17, 15) is 18.0 Å². The van der Waals surface area contributed by atoms with Gasteiger partial charge in [0.25, 0.3) is 11.8 Å². The van der Waals surface area contributed by atoms with Crippen molar-refractivity contribution in [1.82, 2.24) is 9.62 Å². The molecule has 1 aromatic carbocycles. The molecule has 9 heteroatoms. The molecule has 0 aliphatic carbocycles. The monoisotopic (exact) mass is 411 g/mol. The van der Waals surface area contributed by atoms with E-state index >= 15 is 0 Å². The van der Waals surface area contributed by atoms with Crippen LogP contribution in [-0.2, 0) is 19.6 Å². The Morgan fingerprint density at radius 1 is 1.04 bits per heavy atom. The first kappa shape index (κ1) is 22.3. The Kier molecular flexibility index (Phi) is 7.97. The number of quaternary nitrogens is 1. The van der Waals surface area contributed by atoms with Gasteiger partial charge in [-0.15, -0.1) is 0 Å². The lowest BCUT2D eigenvalue weighted by molar-refractivity contribution is -0.862. The zero-order chi connectivity index (χ0) is 20.7. The van der Waals surface area contributed by atoms with Gasteiger partial charge in [0.2, 0.25) is 10.0 Å². The number of benzene rings is 1. The number of carbonyl (C=O) groups is 2. The first-order chi connectivity index (χ1) is 13.2. The van der Waals surface area contributed by atoms with Gasteiger partial charge in [-0.2, -0.15) is 4.31 Å². The van der Waals surface area contributed by atoms with Crippen LogP contribution in [0.3, 0.4) is 0 Å². The molecule has 0 spiro atoms. The third kappa shape index (κ3) is 6.57. The Bertz CT molecular complexity index is 772. The molecule has 3 N–H and O–H groups in total. The molecule has 1 saturated heterocycles. The van der Waals surface area contributed by atoms with Crippen molar-refractivity contribution in [3.05, 3.63) is 24.3 Å². The predicted octanol–water partition coefficient (Wildman–Crippen LogP) is -0.161. The third-order valence-corrected chi connectivity index (χ3v) is 6.38. The molecule has 1 atom stereocenters. The van der Waals surface area contributed by atoms with Crippen LogP contribution in [-0.4, -0.2) is 63.8 Å². The average molecular weight is 412 g/mol. The Balaban J connectivity index is 1.89. The highest BCUT2D eigenvalue weighted by atomic mass is 32.2. The van der Waals surface area contributed by atoms with Crippen LogP contribution in [0.4, 0.5) is 5.69 Å². The Morgan fingerprint density at radius 3 is 2.18 bits per heavy atom. The summed E-state index contributed by atoms with van der Waals surface area (Å²) >= 11 is 0. The highest BCUT2D eigenvalue weighted by Gasteiger charge is 2.25. The number of carbonyl (C=O) groups excluding carboxylic acids is 2. The van der Waals surface area contributed by atoms with Gasteiger partial charge in [-0.25, -0.2) is 8.42 Å². The second-order valence-corrected chi connectivity index (χ2v) is 9.51. The lowest BCUT2D eigenvalue weighted by atomic mass is 10.2. The molecule has 2 rings (SSSR count). The van der Waals surface area contributed by atoms with E-state index in [1.54, 1.807) is 19.2 Å². The van der Waals surface area contributed by atoms with Crippen LogP contribution in [0.5, 0.6) is 0 Å². The molecular formula is C19H31N4O4S+. The van der Waals surface area contributed by atoms with E-state index < -0.39 is 10.0 Å². The number of anilines is 1. The van der Waals surface area contributed by atoms with Gasteiger partial charge in [-0.1, -0.05) is 6.42 Å². The summed E-state index contributed by atoms with van der Waals surface area (Å²) in [5, 5.41) is 5.54. The number of sulfonamides is 1. The SMILES string of the molecule is CC(C)NC(=O)C[NH+](C)CC(=O)Nc1ccc(S(=O)(=O)N2CCCCC2)cc1. The van der Waals surface area contributed by atoms with Gasteiger partial charge >= 0.3 is 0 Å². The molecule has 0 radical (unpaired) electrons. The third-order valence-electron chi connectivity index (χ3n) is 4.47. The Hall–Kier alpha value is -1.97. The average Bonchev–Trinajstić information content (AvgIpc) is 2.61. The van der Waals surface area contributed by atoms with Crippen molar-refractivity contribution in [3.63, 3.8) is 0 Å². The molecule has 1 fully saturated rings. The van der Waals surface area contributed by atoms with Crippen molar-refractivity contribution < 1.29 is 22.9 Å². The molecule has 1 aromatic rings. The number of hydrogen-bond acceptors (Lipinski definition) is 4. The predicted molar refractivity (Wildman–Crippen MR) is 108 cm³/mol. The summed E-state index contributed by atoms with van der Waals surface area (Å²) in [5.74, 6) is -0.339. The summed E-state index contributed by atoms with van der Waals surface area (Å²) in [5.41, 5.74) is 0.530. The minimum absolute atomic E-state index is 0.0638. The second-order valence-electron chi connectivity index (χ2n) is 7.57.